The Morgan fingerprint density at radius 3 is 2.90 bits per heavy atom. The molecule has 0 amide bonds. The molecule has 0 aliphatic heterocycles. The number of fused-ring (bicyclic) bond motifs is 1. The van der Waals surface area contributed by atoms with Gasteiger partial charge >= 0.3 is 5.97 Å². The molecule has 106 valence electrons. The summed E-state index contributed by atoms with van der Waals surface area (Å²) < 4.78 is 6.66. The standard InChI is InChI=1S/C15H14N4O2/c1-9-6-12-14(17-7-9)19(2)13(18-12)10-4-5-16-8-11(10)15(20)21-3/h4-8H,1-3H3. The van der Waals surface area contributed by atoms with E-state index in [1.54, 1.807) is 18.5 Å². The van der Waals surface area contributed by atoms with Crippen molar-refractivity contribution in [1.82, 2.24) is 19.5 Å². The minimum absolute atomic E-state index is 0.384. The highest BCUT2D eigenvalue weighted by Gasteiger charge is 2.18. The molecule has 0 aromatic carbocycles. The van der Waals surface area contributed by atoms with Crippen LogP contribution in [0.25, 0.3) is 22.6 Å². The SMILES string of the molecule is COC(=O)c1cnccc1-c1nc2cc(C)cnc2n1C. The lowest BCUT2D eigenvalue weighted by Gasteiger charge is -2.06. The maximum absolute atomic E-state index is 11.9. The van der Waals surface area contributed by atoms with Crippen molar-refractivity contribution in [2.75, 3.05) is 7.11 Å². The number of ether oxygens (including phenoxy) is 1. The monoisotopic (exact) mass is 282 g/mol. The summed E-state index contributed by atoms with van der Waals surface area (Å²) in [4.78, 5) is 24.8. The highest BCUT2D eigenvalue weighted by molar-refractivity contribution is 5.96. The quantitative estimate of drug-likeness (QED) is 0.673. The number of rotatable bonds is 2. The largest absolute Gasteiger partial charge is 0.465 e. The van der Waals surface area contributed by atoms with Gasteiger partial charge in [0.15, 0.2) is 5.65 Å². The molecular formula is C15H14N4O2. The van der Waals surface area contributed by atoms with Crippen molar-refractivity contribution in [2.24, 2.45) is 7.05 Å². The van der Waals surface area contributed by atoms with Crippen LogP contribution in [-0.2, 0) is 11.8 Å². The molecule has 0 atom stereocenters. The Bertz CT molecular complexity index is 839. The van der Waals surface area contributed by atoms with E-state index in [9.17, 15) is 4.79 Å². The first-order chi connectivity index (χ1) is 10.1. The molecule has 0 aliphatic carbocycles. The number of methoxy groups -OCH3 is 1. The summed E-state index contributed by atoms with van der Waals surface area (Å²) in [7, 11) is 3.22. The lowest BCUT2D eigenvalue weighted by molar-refractivity contribution is 0.0601. The van der Waals surface area contributed by atoms with Gasteiger partial charge < -0.3 is 9.30 Å². The van der Waals surface area contributed by atoms with Crippen LogP contribution in [0.5, 0.6) is 0 Å². The number of carbonyl (C=O) groups is 1. The van der Waals surface area contributed by atoms with Gasteiger partial charge in [0.05, 0.1) is 12.7 Å². The van der Waals surface area contributed by atoms with Crippen LogP contribution in [0.2, 0.25) is 0 Å². The highest BCUT2D eigenvalue weighted by Crippen LogP contribution is 2.25. The average molecular weight is 282 g/mol. The van der Waals surface area contributed by atoms with Gasteiger partial charge in [0.1, 0.15) is 11.3 Å². The van der Waals surface area contributed by atoms with E-state index >= 15 is 0 Å². The van der Waals surface area contributed by atoms with Crippen LogP contribution < -0.4 is 0 Å². The van der Waals surface area contributed by atoms with Gasteiger partial charge in [-0.25, -0.2) is 14.8 Å². The van der Waals surface area contributed by atoms with Gasteiger partial charge in [0, 0.05) is 31.2 Å². The topological polar surface area (TPSA) is 69.9 Å². The van der Waals surface area contributed by atoms with Crippen LogP contribution in [0.3, 0.4) is 0 Å². The van der Waals surface area contributed by atoms with Crippen molar-refractivity contribution in [1.29, 1.82) is 0 Å². The summed E-state index contributed by atoms with van der Waals surface area (Å²) in [6, 6.07) is 3.71. The average Bonchev–Trinajstić information content (AvgIpc) is 2.82. The Balaban J connectivity index is 2.26. The van der Waals surface area contributed by atoms with Gasteiger partial charge in [0.2, 0.25) is 0 Å². The maximum atomic E-state index is 11.9. The van der Waals surface area contributed by atoms with E-state index in [4.69, 9.17) is 4.74 Å². The fraction of sp³-hybridized carbons (Fsp3) is 0.200. The van der Waals surface area contributed by atoms with E-state index in [1.165, 1.54) is 13.3 Å². The van der Waals surface area contributed by atoms with Crippen LogP contribution in [0.15, 0.2) is 30.7 Å². The number of pyridine rings is 2. The van der Waals surface area contributed by atoms with Crippen LogP contribution in [-0.4, -0.2) is 32.6 Å². The minimum atomic E-state index is -0.436. The van der Waals surface area contributed by atoms with Crippen molar-refractivity contribution in [2.45, 2.75) is 6.92 Å². The number of esters is 1. The molecule has 0 N–H and O–H groups in total. The van der Waals surface area contributed by atoms with Gasteiger partial charge in [-0.1, -0.05) is 0 Å². The molecule has 0 saturated carbocycles. The van der Waals surface area contributed by atoms with E-state index in [1.807, 2.05) is 24.6 Å². The van der Waals surface area contributed by atoms with E-state index < -0.39 is 5.97 Å². The Labute approximate surface area is 121 Å². The summed E-state index contributed by atoms with van der Waals surface area (Å²) in [5.74, 6) is 0.222. The molecule has 0 radical (unpaired) electrons. The second kappa shape index (κ2) is 4.97. The summed E-state index contributed by atoms with van der Waals surface area (Å²) in [6.07, 6.45) is 4.90. The maximum Gasteiger partial charge on any atom is 0.340 e. The van der Waals surface area contributed by atoms with Gasteiger partial charge in [-0.3, -0.25) is 4.98 Å². The van der Waals surface area contributed by atoms with Crippen molar-refractivity contribution in [3.8, 4) is 11.4 Å². The molecular weight excluding hydrogens is 268 g/mol. The van der Waals surface area contributed by atoms with Crippen LogP contribution in [0.1, 0.15) is 15.9 Å². The van der Waals surface area contributed by atoms with Gasteiger partial charge in [-0.2, -0.15) is 0 Å². The van der Waals surface area contributed by atoms with Crippen LogP contribution in [0, 0.1) is 6.92 Å². The number of carbonyl (C=O) groups excluding carboxylic acids is 1. The second-order valence-corrected chi connectivity index (χ2v) is 4.76. The lowest BCUT2D eigenvalue weighted by atomic mass is 10.1. The minimum Gasteiger partial charge on any atom is -0.465 e. The molecule has 21 heavy (non-hydrogen) atoms. The Morgan fingerprint density at radius 1 is 1.33 bits per heavy atom. The number of hydrogen-bond acceptors (Lipinski definition) is 5. The molecule has 0 spiro atoms. The van der Waals surface area contributed by atoms with Gasteiger partial charge in [0.25, 0.3) is 0 Å². The van der Waals surface area contributed by atoms with E-state index in [0.717, 1.165) is 16.7 Å². The molecule has 6 nitrogen and oxygen atoms in total. The van der Waals surface area contributed by atoms with Crippen LogP contribution in [0.4, 0.5) is 0 Å². The summed E-state index contributed by atoms with van der Waals surface area (Å²) in [5, 5.41) is 0. The smallest absolute Gasteiger partial charge is 0.340 e. The molecule has 0 bridgehead atoms. The summed E-state index contributed by atoms with van der Waals surface area (Å²) in [5.41, 5.74) is 3.66. The first-order valence-electron chi connectivity index (χ1n) is 6.43. The molecule has 3 aromatic heterocycles. The molecule has 6 heteroatoms. The molecule has 3 aromatic rings. The fourth-order valence-corrected chi connectivity index (χ4v) is 2.28. The first-order valence-corrected chi connectivity index (χ1v) is 6.43. The van der Waals surface area contributed by atoms with Gasteiger partial charge in [-0.05, 0) is 24.6 Å². The van der Waals surface area contributed by atoms with Crippen molar-refractivity contribution in [3.05, 3.63) is 41.9 Å². The Morgan fingerprint density at radius 2 is 2.14 bits per heavy atom. The molecule has 0 unspecified atom stereocenters. The van der Waals surface area contributed by atoms with E-state index in [0.29, 0.717) is 17.0 Å². The zero-order chi connectivity index (χ0) is 15.0. The first kappa shape index (κ1) is 13.2. The molecule has 0 saturated heterocycles. The van der Waals surface area contributed by atoms with Crippen molar-refractivity contribution >= 4 is 17.1 Å². The number of aryl methyl sites for hydroxylation is 2. The second-order valence-electron chi connectivity index (χ2n) is 4.76. The van der Waals surface area contributed by atoms with Crippen molar-refractivity contribution in [3.63, 3.8) is 0 Å². The number of aromatic nitrogens is 4. The van der Waals surface area contributed by atoms with Crippen molar-refractivity contribution < 1.29 is 9.53 Å². The number of imidazole rings is 1. The molecule has 3 rings (SSSR count). The fourth-order valence-electron chi connectivity index (χ4n) is 2.28. The number of nitrogens with zero attached hydrogens (tertiary/aromatic N) is 4. The van der Waals surface area contributed by atoms with Crippen LogP contribution >= 0.6 is 0 Å². The van der Waals surface area contributed by atoms with E-state index in [-0.39, 0.29) is 0 Å². The molecule has 0 aliphatic rings. The van der Waals surface area contributed by atoms with E-state index in [2.05, 4.69) is 15.0 Å². The number of hydrogen-bond donors (Lipinski definition) is 0. The zero-order valence-corrected chi connectivity index (χ0v) is 12.0. The Kier molecular flexibility index (Phi) is 3.13. The normalized spacial score (nSPS) is 10.8. The zero-order valence-electron chi connectivity index (χ0n) is 12.0. The third kappa shape index (κ3) is 2.14. The third-order valence-electron chi connectivity index (χ3n) is 3.31. The molecule has 0 fully saturated rings. The lowest BCUT2D eigenvalue weighted by Crippen LogP contribution is -2.06. The third-order valence-corrected chi connectivity index (χ3v) is 3.31. The Hall–Kier alpha value is -2.76. The summed E-state index contributed by atoms with van der Waals surface area (Å²) >= 11 is 0. The van der Waals surface area contributed by atoms with Gasteiger partial charge in [-0.15, -0.1) is 0 Å². The molecule has 3 heterocycles. The highest BCUT2D eigenvalue weighted by atomic mass is 16.5. The summed E-state index contributed by atoms with van der Waals surface area (Å²) in [6.45, 7) is 1.97. The predicted octanol–water partition coefficient (Wildman–Crippen LogP) is 2.13. The predicted molar refractivity (Wildman–Crippen MR) is 77.8 cm³/mol.